The summed E-state index contributed by atoms with van der Waals surface area (Å²) in [6.45, 7) is 2.22. The molecule has 70 valence electrons. The van der Waals surface area contributed by atoms with Crippen molar-refractivity contribution in [1.29, 1.82) is 0 Å². The van der Waals surface area contributed by atoms with Gasteiger partial charge in [-0.3, -0.25) is 14.2 Å². The van der Waals surface area contributed by atoms with E-state index in [2.05, 4.69) is 0 Å². The molecular weight excluding hydrogens is 183 g/mol. The Labute approximate surface area is 69.9 Å². The quantitative estimate of drug-likeness (QED) is 0.636. The molecular formula is C6H11O5P. The Kier molecular flexibility index (Phi) is 3.61. The van der Waals surface area contributed by atoms with Crippen LogP contribution in [-0.4, -0.2) is 28.2 Å². The van der Waals surface area contributed by atoms with Gasteiger partial charge in [-0.05, 0) is 0 Å². The highest BCUT2D eigenvalue weighted by Crippen LogP contribution is 2.38. The van der Waals surface area contributed by atoms with E-state index in [4.69, 9.17) is 10.00 Å². The highest BCUT2D eigenvalue weighted by molar-refractivity contribution is 7.74. The molecule has 2 N–H and O–H groups in total. The van der Waals surface area contributed by atoms with Gasteiger partial charge < -0.3 is 10.00 Å². The Balaban J connectivity index is 4.21. The minimum atomic E-state index is -3.75. The fourth-order valence-corrected chi connectivity index (χ4v) is 1.13. The monoisotopic (exact) mass is 194 g/mol. The van der Waals surface area contributed by atoms with Crippen LogP contribution in [0.15, 0.2) is 0 Å². The van der Waals surface area contributed by atoms with E-state index in [-0.39, 0.29) is 6.42 Å². The lowest BCUT2D eigenvalue weighted by molar-refractivity contribution is -0.142. The van der Waals surface area contributed by atoms with Crippen molar-refractivity contribution in [2.75, 3.05) is 6.66 Å². The summed E-state index contributed by atoms with van der Waals surface area (Å²) in [6.07, 6.45) is -0.389. The molecule has 0 amide bonds. The Morgan fingerprint density at radius 2 is 1.92 bits per heavy atom. The summed E-state index contributed by atoms with van der Waals surface area (Å²) in [5.74, 6) is -2.05. The summed E-state index contributed by atoms with van der Waals surface area (Å²) in [6, 6.07) is 0. The SMILES string of the molecule is CC(CC(=O)P(C)(=O)O)C(=O)O. The van der Waals surface area contributed by atoms with Crippen molar-refractivity contribution in [2.24, 2.45) is 5.92 Å². The highest BCUT2D eigenvalue weighted by atomic mass is 31.2. The van der Waals surface area contributed by atoms with Crippen molar-refractivity contribution >= 4 is 18.9 Å². The summed E-state index contributed by atoms with van der Waals surface area (Å²) >= 11 is 0. The van der Waals surface area contributed by atoms with Crippen LogP contribution in [-0.2, 0) is 14.2 Å². The second kappa shape index (κ2) is 3.83. The van der Waals surface area contributed by atoms with E-state index in [1.165, 1.54) is 6.92 Å². The van der Waals surface area contributed by atoms with Crippen LogP contribution in [0.25, 0.3) is 0 Å². The van der Waals surface area contributed by atoms with Gasteiger partial charge in [0.2, 0.25) is 5.52 Å². The zero-order valence-electron chi connectivity index (χ0n) is 6.85. The summed E-state index contributed by atoms with van der Waals surface area (Å²) in [4.78, 5) is 29.8. The van der Waals surface area contributed by atoms with Crippen LogP contribution in [0.3, 0.4) is 0 Å². The van der Waals surface area contributed by atoms with Gasteiger partial charge in [0.25, 0.3) is 7.37 Å². The van der Waals surface area contributed by atoms with E-state index in [1.807, 2.05) is 0 Å². The Hall–Kier alpha value is -0.670. The van der Waals surface area contributed by atoms with E-state index < -0.39 is 24.8 Å². The van der Waals surface area contributed by atoms with E-state index in [0.717, 1.165) is 6.66 Å². The highest BCUT2D eigenvalue weighted by Gasteiger charge is 2.26. The van der Waals surface area contributed by atoms with Crippen LogP contribution in [0, 0.1) is 5.92 Å². The molecule has 0 saturated heterocycles. The van der Waals surface area contributed by atoms with Crippen molar-refractivity contribution in [3.8, 4) is 0 Å². The minimum Gasteiger partial charge on any atom is -0.481 e. The average Bonchev–Trinajstić information content (AvgIpc) is 1.85. The van der Waals surface area contributed by atoms with Crippen molar-refractivity contribution in [3.63, 3.8) is 0 Å². The third-order valence-electron chi connectivity index (χ3n) is 1.37. The van der Waals surface area contributed by atoms with Gasteiger partial charge in [-0.1, -0.05) is 6.92 Å². The minimum absolute atomic E-state index is 0.389. The molecule has 0 spiro atoms. The molecule has 0 aliphatic rings. The van der Waals surface area contributed by atoms with Crippen LogP contribution < -0.4 is 0 Å². The number of aliphatic carboxylic acids is 1. The summed E-state index contributed by atoms with van der Waals surface area (Å²) < 4.78 is 10.7. The molecule has 0 aromatic rings. The first kappa shape index (κ1) is 11.3. The maximum absolute atomic E-state index is 10.8. The fourth-order valence-electron chi connectivity index (χ4n) is 0.519. The van der Waals surface area contributed by atoms with Gasteiger partial charge in [-0.15, -0.1) is 0 Å². The number of hydrogen-bond acceptors (Lipinski definition) is 3. The van der Waals surface area contributed by atoms with Crippen molar-refractivity contribution in [3.05, 3.63) is 0 Å². The topological polar surface area (TPSA) is 91.7 Å². The maximum atomic E-state index is 10.8. The third-order valence-corrected chi connectivity index (χ3v) is 2.47. The first-order valence-electron chi connectivity index (χ1n) is 3.31. The zero-order chi connectivity index (χ0) is 9.94. The fraction of sp³-hybridized carbons (Fsp3) is 0.667. The Morgan fingerprint density at radius 3 is 2.17 bits per heavy atom. The van der Waals surface area contributed by atoms with E-state index in [9.17, 15) is 14.2 Å². The number of rotatable bonds is 4. The van der Waals surface area contributed by atoms with Gasteiger partial charge in [-0.2, -0.15) is 0 Å². The normalized spacial score (nSPS) is 17.9. The molecule has 12 heavy (non-hydrogen) atoms. The van der Waals surface area contributed by atoms with Gasteiger partial charge in [0.1, 0.15) is 0 Å². The van der Waals surface area contributed by atoms with Gasteiger partial charge in [0.15, 0.2) is 0 Å². The van der Waals surface area contributed by atoms with Crippen molar-refractivity contribution in [1.82, 2.24) is 0 Å². The molecule has 0 aromatic heterocycles. The van der Waals surface area contributed by atoms with Gasteiger partial charge in [0.05, 0.1) is 5.92 Å². The second-order valence-corrected chi connectivity index (χ2v) is 4.97. The number of carbonyl (C=O) groups excluding carboxylic acids is 1. The molecule has 0 aromatic carbocycles. The molecule has 0 aliphatic heterocycles. The smallest absolute Gasteiger partial charge is 0.306 e. The molecule has 0 heterocycles. The van der Waals surface area contributed by atoms with Crippen LogP contribution in [0.2, 0.25) is 0 Å². The van der Waals surface area contributed by atoms with Crippen molar-refractivity contribution < 1.29 is 24.2 Å². The Morgan fingerprint density at radius 1 is 1.50 bits per heavy atom. The molecule has 0 bridgehead atoms. The van der Waals surface area contributed by atoms with E-state index in [1.54, 1.807) is 0 Å². The largest absolute Gasteiger partial charge is 0.481 e. The van der Waals surface area contributed by atoms with Gasteiger partial charge in [0, 0.05) is 13.1 Å². The second-order valence-electron chi connectivity index (χ2n) is 2.72. The molecule has 6 heteroatoms. The third kappa shape index (κ3) is 3.64. The number of carboxylic acid groups (broad SMARTS) is 1. The summed E-state index contributed by atoms with van der Waals surface area (Å²) in [7, 11) is -3.75. The molecule has 2 unspecified atom stereocenters. The van der Waals surface area contributed by atoms with Crippen LogP contribution in [0.4, 0.5) is 0 Å². The number of carbonyl (C=O) groups is 2. The van der Waals surface area contributed by atoms with Crippen molar-refractivity contribution in [2.45, 2.75) is 13.3 Å². The summed E-state index contributed by atoms with van der Waals surface area (Å²) in [5, 5.41) is 8.37. The number of carboxylic acids is 1. The molecule has 2 atom stereocenters. The first-order valence-corrected chi connectivity index (χ1v) is 5.42. The predicted octanol–water partition coefficient (Wildman–Crippen LogP) is 0.524. The van der Waals surface area contributed by atoms with Crippen LogP contribution in [0.1, 0.15) is 13.3 Å². The Bertz CT molecular complexity index is 240. The number of hydrogen-bond donors (Lipinski definition) is 2. The lowest BCUT2D eigenvalue weighted by Crippen LogP contribution is -2.14. The molecule has 0 fully saturated rings. The molecule has 0 aliphatic carbocycles. The summed E-state index contributed by atoms with van der Waals surface area (Å²) in [5.41, 5.74) is -0.891. The van der Waals surface area contributed by atoms with Crippen LogP contribution in [0.5, 0.6) is 0 Å². The molecule has 0 rings (SSSR count). The lowest BCUT2D eigenvalue weighted by Gasteiger charge is -2.06. The zero-order valence-corrected chi connectivity index (χ0v) is 7.75. The van der Waals surface area contributed by atoms with Gasteiger partial charge >= 0.3 is 5.97 Å². The first-order chi connectivity index (χ1) is 5.25. The molecule has 0 radical (unpaired) electrons. The molecule has 0 saturated carbocycles. The predicted molar refractivity (Wildman–Crippen MR) is 42.2 cm³/mol. The van der Waals surface area contributed by atoms with E-state index in [0.29, 0.717) is 0 Å². The maximum Gasteiger partial charge on any atom is 0.306 e. The lowest BCUT2D eigenvalue weighted by atomic mass is 10.1. The average molecular weight is 194 g/mol. The standard InChI is InChI=1S/C6H11O5P/c1-4(6(8)9)3-5(7)12(2,10)11/h4H,3H2,1-2H3,(H,8,9)(H,10,11). The van der Waals surface area contributed by atoms with Gasteiger partial charge in [-0.25, -0.2) is 0 Å². The van der Waals surface area contributed by atoms with E-state index >= 15 is 0 Å². The molecule has 5 nitrogen and oxygen atoms in total. The van der Waals surface area contributed by atoms with Crippen LogP contribution >= 0.6 is 7.37 Å².